The Balaban J connectivity index is 2.45. The van der Waals surface area contributed by atoms with Gasteiger partial charge in [0.2, 0.25) is 0 Å². The average Bonchev–Trinajstić information content (AvgIpc) is 2.28. The summed E-state index contributed by atoms with van der Waals surface area (Å²) in [5, 5.41) is 5.27. The predicted molar refractivity (Wildman–Crippen MR) is 61.7 cm³/mol. The second kappa shape index (κ2) is 6.06. The second-order valence-corrected chi connectivity index (χ2v) is 3.50. The Morgan fingerprint density at radius 3 is 2.33 bits per heavy atom. The van der Waals surface area contributed by atoms with Crippen molar-refractivity contribution in [3.63, 3.8) is 0 Å². The van der Waals surface area contributed by atoms with Crippen molar-refractivity contribution in [3.05, 3.63) is 35.4 Å². The minimum Gasteiger partial charge on any atom is -0.341 e. The summed E-state index contributed by atoms with van der Waals surface area (Å²) in [6, 6.07) is 8.20. The number of nitrogens with one attached hydrogen (secondary N) is 2. The smallest absolute Gasteiger partial charge is 0.314 e. The number of carbonyl (C=O) groups is 1. The van der Waals surface area contributed by atoms with Crippen molar-refractivity contribution < 1.29 is 4.79 Å². The van der Waals surface area contributed by atoms with E-state index in [4.69, 9.17) is 0 Å². The number of hydrogen-bond donors (Lipinski definition) is 2. The van der Waals surface area contributed by atoms with Gasteiger partial charge in [-0.2, -0.15) is 0 Å². The van der Waals surface area contributed by atoms with Gasteiger partial charge in [0, 0.05) is 13.6 Å². The zero-order chi connectivity index (χ0) is 11.1. The topological polar surface area (TPSA) is 41.1 Å². The van der Waals surface area contributed by atoms with Crippen molar-refractivity contribution in [3.8, 4) is 0 Å². The Labute approximate surface area is 90.9 Å². The fourth-order valence-corrected chi connectivity index (χ4v) is 1.38. The molecule has 1 aromatic rings. The van der Waals surface area contributed by atoms with E-state index in [2.05, 4.69) is 41.8 Å². The molecule has 0 unspecified atom stereocenters. The van der Waals surface area contributed by atoms with Crippen LogP contribution in [-0.4, -0.2) is 13.1 Å². The molecule has 0 bridgehead atoms. The number of hydrogen-bond acceptors (Lipinski definition) is 1. The molecular weight excluding hydrogens is 188 g/mol. The molecule has 0 spiro atoms. The number of amides is 2. The molecule has 0 aliphatic heterocycles. The molecule has 0 aliphatic rings. The van der Waals surface area contributed by atoms with Gasteiger partial charge in [-0.05, 0) is 17.5 Å². The number of carbonyl (C=O) groups excluding carboxylic acids is 1. The van der Waals surface area contributed by atoms with E-state index in [9.17, 15) is 4.79 Å². The Morgan fingerprint density at radius 1 is 1.20 bits per heavy atom. The largest absolute Gasteiger partial charge is 0.341 e. The highest BCUT2D eigenvalue weighted by molar-refractivity contribution is 5.73. The van der Waals surface area contributed by atoms with Crippen LogP contribution in [0.25, 0.3) is 0 Å². The molecule has 0 heterocycles. The molecule has 0 fully saturated rings. The predicted octanol–water partition coefficient (Wildman–Crippen LogP) is 2.07. The first-order chi connectivity index (χ1) is 7.26. The van der Waals surface area contributed by atoms with Crippen LogP contribution in [0.2, 0.25) is 0 Å². The minimum atomic E-state index is -0.146. The van der Waals surface area contributed by atoms with E-state index in [0.717, 1.165) is 18.4 Å². The molecule has 0 saturated heterocycles. The van der Waals surface area contributed by atoms with Gasteiger partial charge >= 0.3 is 6.03 Å². The third-order valence-corrected chi connectivity index (χ3v) is 2.24. The van der Waals surface area contributed by atoms with E-state index >= 15 is 0 Å². The molecule has 0 aromatic heterocycles. The van der Waals surface area contributed by atoms with Crippen LogP contribution in [0.1, 0.15) is 24.5 Å². The molecular formula is C12H18N2O. The summed E-state index contributed by atoms with van der Waals surface area (Å²) in [5.74, 6) is 0. The number of rotatable bonds is 4. The second-order valence-electron chi connectivity index (χ2n) is 3.50. The number of aryl methyl sites for hydroxylation is 1. The summed E-state index contributed by atoms with van der Waals surface area (Å²) in [6.45, 7) is 2.74. The lowest BCUT2D eigenvalue weighted by Gasteiger charge is -2.05. The van der Waals surface area contributed by atoms with Gasteiger partial charge < -0.3 is 10.6 Å². The number of urea groups is 1. The van der Waals surface area contributed by atoms with E-state index in [1.165, 1.54) is 5.56 Å². The van der Waals surface area contributed by atoms with E-state index in [-0.39, 0.29) is 6.03 Å². The Morgan fingerprint density at radius 2 is 1.80 bits per heavy atom. The molecule has 2 N–H and O–H groups in total. The molecule has 0 atom stereocenters. The number of benzene rings is 1. The molecule has 15 heavy (non-hydrogen) atoms. The third kappa shape index (κ3) is 4.02. The molecule has 0 aliphatic carbocycles. The van der Waals surface area contributed by atoms with E-state index in [1.807, 2.05) is 0 Å². The highest BCUT2D eigenvalue weighted by Crippen LogP contribution is 2.06. The molecule has 82 valence electrons. The van der Waals surface area contributed by atoms with Gasteiger partial charge in [-0.3, -0.25) is 0 Å². The van der Waals surface area contributed by atoms with Gasteiger partial charge in [0.05, 0.1) is 0 Å². The van der Waals surface area contributed by atoms with Gasteiger partial charge in [-0.15, -0.1) is 0 Å². The van der Waals surface area contributed by atoms with Crippen molar-refractivity contribution in [2.75, 3.05) is 7.05 Å². The lowest BCUT2D eigenvalue weighted by molar-refractivity contribution is 0.242. The summed E-state index contributed by atoms with van der Waals surface area (Å²) < 4.78 is 0. The maximum atomic E-state index is 10.9. The quantitative estimate of drug-likeness (QED) is 0.778. The Hall–Kier alpha value is -1.51. The maximum Gasteiger partial charge on any atom is 0.314 e. The fourth-order valence-electron chi connectivity index (χ4n) is 1.38. The van der Waals surface area contributed by atoms with Gasteiger partial charge in [0.15, 0.2) is 0 Å². The molecule has 2 amide bonds. The van der Waals surface area contributed by atoms with Crippen molar-refractivity contribution in [1.29, 1.82) is 0 Å². The highest BCUT2D eigenvalue weighted by atomic mass is 16.2. The van der Waals surface area contributed by atoms with E-state index < -0.39 is 0 Å². The lowest BCUT2D eigenvalue weighted by Crippen LogP contribution is -2.32. The standard InChI is InChI=1S/C12H18N2O/c1-3-4-10-5-7-11(8-6-10)9-14-12(15)13-2/h5-8H,3-4,9H2,1-2H3,(H2,13,14,15). The van der Waals surface area contributed by atoms with E-state index in [0.29, 0.717) is 6.54 Å². The van der Waals surface area contributed by atoms with Crippen LogP contribution in [0.4, 0.5) is 4.79 Å². The van der Waals surface area contributed by atoms with Gasteiger partial charge in [0.1, 0.15) is 0 Å². The Kier molecular flexibility index (Phi) is 4.68. The molecule has 0 radical (unpaired) electrons. The highest BCUT2D eigenvalue weighted by Gasteiger charge is 1.97. The minimum absolute atomic E-state index is 0.146. The molecule has 1 rings (SSSR count). The van der Waals surface area contributed by atoms with Crippen LogP contribution in [-0.2, 0) is 13.0 Å². The van der Waals surface area contributed by atoms with Gasteiger partial charge in [0.25, 0.3) is 0 Å². The summed E-state index contributed by atoms with van der Waals surface area (Å²) in [4.78, 5) is 10.9. The fraction of sp³-hybridized carbons (Fsp3) is 0.417. The SMILES string of the molecule is CCCc1ccc(CNC(=O)NC)cc1. The van der Waals surface area contributed by atoms with Crippen LogP contribution in [0.3, 0.4) is 0 Å². The average molecular weight is 206 g/mol. The first-order valence-electron chi connectivity index (χ1n) is 5.29. The third-order valence-electron chi connectivity index (χ3n) is 2.24. The maximum absolute atomic E-state index is 10.9. The summed E-state index contributed by atoms with van der Waals surface area (Å²) >= 11 is 0. The van der Waals surface area contributed by atoms with Crippen LogP contribution >= 0.6 is 0 Å². The van der Waals surface area contributed by atoms with Gasteiger partial charge in [-0.1, -0.05) is 37.6 Å². The molecule has 0 saturated carbocycles. The monoisotopic (exact) mass is 206 g/mol. The van der Waals surface area contributed by atoms with Crippen molar-refractivity contribution >= 4 is 6.03 Å². The summed E-state index contributed by atoms with van der Waals surface area (Å²) in [7, 11) is 1.61. The zero-order valence-corrected chi connectivity index (χ0v) is 9.34. The first kappa shape index (κ1) is 11.6. The normalized spacial score (nSPS) is 9.73. The molecule has 1 aromatic carbocycles. The zero-order valence-electron chi connectivity index (χ0n) is 9.34. The molecule has 3 heteroatoms. The van der Waals surface area contributed by atoms with Crippen LogP contribution in [0, 0.1) is 0 Å². The first-order valence-corrected chi connectivity index (χ1v) is 5.29. The molecule has 3 nitrogen and oxygen atoms in total. The van der Waals surface area contributed by atoms with Crippen LogP contribution in [0.15, 0.2) is 24.3 Å². The summed E-state index contributed by atoms with van der Waals surface area (Å²) in [5.41, 5.74) is 2.47. The van der Waals surface area contributed by atoms with Crippen molar-refractivity contribution in [1.82, 2.24) is 10.6 Å². The van der Waals surface area contributed by atoms with E-state index in [1.54, 1.807) is 7.05 Å². The summed E-state index contributed by atoms with van der Waals surface area (Å²) in [6.07, 6.45) is 2.28. The van der Waals surface area contributed by atoms with Gasteiger partial charge in [-0.25, -0.2) is 4.79 Å². The van der Waals surface area contributed by atoms with Crippen molar-refractivity contribution in [2.24, 2.45) is 0 Å². The van der Waals surface area contributed by atoms with Crippen LogP contribution in [0.5, 0.6) is 0 Å². The Bertz CT molecular complexity index is 306. The van der Waals surface area contributed by atoms with Crippen molar-refractivity contribution in [2.45, 2.75) is 26.3 Å². The lowest BCUT2D eigenvalue weighted by atomic mass is 10.1. The van der Waals surface area contributed by atoms with Crippen LogP contribution < -0.4 is 10.6 Å².